The smallest absolute Gasteiger partial charge is 0.256 e. The van der Waals surface area contributed by atoms with E-state index in [-0.39, 0.29) is 18.3 Å². The van der Waals surface area contributed by atoms with E-state index in [1.165, 1.54) is 12.1 Å². The molecule has 1 amide bonds. The first-order valence-electron chi connectivity index (χ1n) is 10.3. The van der Waals surface area contributed by atoms with Gasteiger partial charge < -0.3 is 10.2 Å². The van der Waals surface area contributed by atoms with Gasteiger partial charge >= 0.3 is 0 Å². The normalized spacial score (nSPS) is 10.6. The number of aromatic nitrogens is 2. The van der Waals surface area contributed by atoms with Gasteiger partial charge in [-0.3, -0.25) is 4.79 Å². The molecular formula is C26H23FN4O. The van der Waals surface area contributed by atoms with Gasteiger partial charge in [-0.1, -0.05) is 60.2 Å². The summed E-state index contributed by atoms with van der Waals surface area (Å²) in [5, 5.41) is 2.88. The highest BCUT2D eigenvalue weighted by Gasteiger charge is 2.19. The fraction of sp³-hybridized carbons (Fsp3) is 0.115. The summed E-state index contributed by atoms with van der Waals surface area (Å²) in [4.78, 5) is 24.1. The Bertz CT molecular complexity index is 1210. The number of halogens is 1. The number of carbonyl (C=O) groups excluding carboxylic acids is 1. The van der Waals surface area contributed by atoms with Crippen LogP contribution < -0.4 is 10.2 Å². The Balaban J connectivity index is 1.67. The fourth-order valence-electron chi connectivity index (χ4n) is 3.29. The molecule has 0 aliphatic carbocycles. The molecule has 0 atom stereocenters. The van der Waals surface area contributed by atoms with Crippen molar-refractivity contribution < 1.29 is 9.18 Å². The molecule has 0 unspecified atom stereocenters. The Morgan fingerprint density at radius 1 is 0.969 bits per heavy atom. The summed E-state index contributed by atoms with van der Waals surface area (Å²) in [6, 6.07) is 23.7. The zero-order valence-corrected chi connectivity index (χ0v) is 17.9. The largest absolute Gasteiger partial charge is 0.348 e. The van der Waals surface area contributed by atoms with Crippen molar-refractivity contribution >= 4 is 17.4 Å². The van der Waals surface area contributed by atoms with Crippen molar-refractivity contribution in [1.82, 2.24) is 15.3 Å². The Morgan fingerprint density at radius 2 is 1.66 bits per heavy atom. The highest BCUT2D eigenvalue weighted by atomic mass is 19.1. The van der Waals surface area contributed by atoms with Crippen molar-refractivity contribution in [3.63, 3.8) is 0 Å². The SMILES string of the molecule is Cc1ccc(N(C)c2nc(-c3ccccc3)ncc2C(=O)NCc2ccc(F)cc2)cc1. The minimum absolute atomic E-state index is 0.271. The van der Waals surface area contributed by atoms with Gasteiger partial charge in [-0.05, 0) is 36.8 Å². The summed E-state index contributed by atoms with van der Waals surface area (Å²) >= 11 is 0. The van der Waals surface area contributed by atoms with E-state index in [0.29, 0.717) is 17.2 Å². The molecule has 0 saturated heterocycles. The predicted molar refractivity (Wildman–Crippen MR) is 124 cm³/mol. The molecule has 0 fully saturated rings. The maximum atomic E-state index is 13.1. The van der Waals surface area contributed by atoms with Crippen LogP contribution in [-0.4, -0.2) is 22.9 Å². The molecule has 160 valence electrons. The first kappa shape index (κ1) is 21.2. The Morgan fingerprint density at radius 3 is 2.34 bits per heavy atom. The van der Waals surface area contributed by atoms with E-state index >= 15 is 0 Å². The molecule has 0 aliphatic heterocycles. The second kappa shape index (κ2) is 9.39. The lowest BCUT2D eigenvalue weighted by atomic mass is 10.1. The number of aryl methyl sites for hydroxylation is 1. The maximum Gasteiger partial charge on any atom is 0.256 e. The van der Waals surface area contributed by atoms with Crippen LogP contribution in [0.15, 0.2) is 85.1 Å². The maximum absolute atomic E-state index is 13.1. The quantitative estimate of drug-likeness (QED) is 0.455. The fourth-order valence-corrected chi connectivity index (χ4v) is 3.29. The first-order valence-corrected chi connectivity index (χ1v) is 10.3. The first-order chi connectivity index (χ1) is 15.5. The van der Waals surface area contributed by atoms with Gasteiger partial charge in [0.25, 0.3) is 5.91 Å². The number of nitrogens with one attached hydrogen (secondary N) is 1. The van der Waals surface area contributed by atoms with Crippen LogP contribution in [0.3, 0.4) is 0 Å². The van der Waals surface area contributed by atoms with Crippen molar-refractivity contribution in [1.29, 1.82) is 0 Å². The topological polar surface area (TPSA) is 58.1 Å². The Labute approximate surface area is 186 Å². The van der Waals surface area contributed by atoms with Crippen molar-refractivity contribution in [3.8, 4) is 11.4 Å². The van der Waals surface area contributed by atoms with Crippen molar-refractivity contribution in [2.24, 2.45) is 0 Å². The molecule has 1 N–H and O–H groups in total. The zero-order valence-electron chi connectivity index (χ0n) is 17.9. The highest BCUT2D eigenvalue weighted by Crippen LogP contribution is 2.27. The van der Waals surface area contributed by atoms with Crippen LogP contribution in [0, 0.1) is 12.7 Å². The van der Waals surface area contributed by atoms with Crippen LogP contribution in [-0.2, 0) is 6.54 Å². The monoisotopic (exact) mass is 426 g/mol. The van der Waals surface area contributed by atoms with Crippen LogP contribution in [0.4, 0.5) is 15.9 Å². The summed E-state index contributed by atoms with van der Waals surface area (Å²) in [5.41, 5.74) is 4.07. The summed E-state index contributed by atoms with van der Waals surface area (Å²) in [5.74, 6) is 0.420. The molecule has 6 heteroatoms. The predicted octanol–water partition coefficient (Wildman–Crippen LogP) is 5.29. The van der Waals surface area contributed by atoms with Gasteiger partial charge in [0.1, 0.15) is 17.2 Å². The van der Waals surface area contributed by atoms with Crippen molar-refractivity contribution in [2.75, 3.05) is 11.9 Å². The van der Waals surface area contributed by atoms with Gasteiger partial charge in [-0.25, -0.2) is 14.4 Å². The van der Waals surface area contributed by atoms with E-state index in [0.717, 1.165) is 22.4 Å². The number of rotatable bonds is 6. The van der Waals surface area contributed by atoms with Crippen LogP contribution >= 0.6 is 0 Å². The average Bonchev–Trinajstić information content (AvgIpc) is 2.84. The third-order valence-electron chi connectivity index (χ3n) is 5.15. The third kappa shape index (κ3) is 4.81. The lowest BCUT2D eigenvalue weighted by molar-refractivity contribution is 0.0951. The number of hydrogen-bond donors (Lipinski definition) is 1. The molecule has 4 rings (SSSR count). The van der Waals surface area contributed by atoms with Crippen LogP contribution in [0.1, 0.15) is 21.5 Å². The molecule has 0 saturated carbocycles. The van der Waals surface area contributed by atoms with Gasteiger partial charge in [-0.15, -0.1) is 0 Å². The Hall–Kier alpha value is -4.06. The van der Waals surface area contributed by atoms with Crippen LogP contribution in [0.2, 0.25) is 0 Å². The standard InChI is InChI=1S/C26H23FN4O/c1-18-8-14-22(15-9-18)31(2)25-23(17-28-24(30-25)20-6-4-3-5-7-20)26(32)29-16-19-10-12-21(27)13-11-19/h3-15,17H,16H2,1-2H3,(H,29,32). The lowest BCUT2D eigenvalue weighted by Gasteiger charge is -2.22. The van der Waals surface area contributed by atoms with E-state index < -0.39 is 0 Å². The molecule has 32 heavy (non-hydrogen) atoms. The molecular weight excluding hydrogens is 403 g/mol. The second-order valence-corrected chi connectivity index (χ2v) is 7.50. The molecule has 0 radical (unpaired) electrons. The van der Waals surface area contributed by atoms with E-state index in [9.17, 15) is 9.18 Å². The number of hydrogen-bond acceptors (Lipinski definition) is 4. The molecule has 0 spiro atoms. The number of anilines is 2. The summed E-state index contributed by atoms with van der Waals surface area (Å²) in [6.45, 7) is 2.30. The summed E-state index contributed by atoms with van der Waals surface area (Å²) in [7, 11) is 1.87. The number of benzene rings is 3. The van der Waals surface area contributed by atoms with Crippen molar-refractivity contribution in [2.45, 2.75) is 13.5 Å². The molecule has 0 bridgehead atoms. The van der Waals surface area contributed by atoms with E-state index in [1.807, 2.05) is 73.5 Å². The lowest BCUT2D eigenvalue weighted by Crippen LogP contribution is -2.26. The summed E-state index contributed by atoms with van der Waals surface area (Å²) < 4.78 is 13.1. The summed E-state index contributed by atoms with van der Waals surface area (Å²) in [6.07, 6.45) is 1.55. The number of carbonyl (C=O) groups is 1. The average molecular weight is 426 g/mol. The van der Waals surface area contributed by atoms with Gasteiger partial charge in [-0.2, -0.15) is 0 Å². The number of amides is 1. The zero-order chi connectivity index (χ0) is 22.5. The van der Waals surface area contributed by atoms with Crippen LogP contribution in [0.25, 0.3) is 11.4 Å². The van der Waals surface area contributed by atoms with E-state index in [2.05, 4.69) is 10.3 Å². The Kier molecular flexibility index (Phi) is 6.22. The van der Waals surface area contributed by atoms with Gasteiger partial charge in [0.05, 0.1) is 0 Å². The second-order valence-electron chi connectivity index (χ2n) is 7.50. The third-order valence-corrected chi connectivity index (χ3v) is 5.15. The molecule has 4 aromatic rings. The van der Waals surface area contributed by atoms with E-state index in [4.69, 9.17) is 4.98 Å². The molecule has 1 heterocycles. The van der Waals surface area contributed by atoms with Gasteiger partial charge in [0, 0.05) is 31.0 Å². The van der Waals surface area contributed by atoms with Crippen molar-refractivity contribution in [3.05, 3.63) is 108 Å². The minimum atomic E-state index is -0.313. The van der Waals surface area contributed by atoms with E-state index in [1.54, 1.807) is 18.3 Å². The van der Waals surface area contributed by atoms with Gasteiger partial charge in [0.15, 0.2) is 5.82 Å². The minimum Gasteiger partial charge on any atom is -0.348 e. The molecule has 5 nitrogen and oxygen atoms in total. The molecule has 1 aromatic heterocycles. The van der Waals surface area contributed by atoms with Crippen LogP contribution in [0.5, 0.6) is 0 Å². The highest BCUT2D eigenvalue weighted by molar-refractivity contribution is 5.99. The molecule has 3 aromatic carbocycles. The number of nitrogens with zero attached hydrogens (tertiary/aromatic N) is 3. The molecule has 0 aliphatic rings. The van der Waals surface area contributed by atoms with Gasteiger partial charge in [0.2, 0.25) is 0 Å².